The van der Waals surface area contributed by atoms with Crippen molar-refractivity contribution in [3.05, 3.63) is 11.6 Å². The first kappa shape index (κ1) is 25.0. The van der Waals surface area contributed by atoms with E-state index in [0.717, 1.165) is 44.9 Å². The zero-order valence-corrected chi connectivity index (χ0v) is 22.4. The standard InChI is InChI=1S/C30H43NO4/c1-17-19-7-9-28(4)20-8-10-30(26(34)35-6)12-11-27(2,3)15-21(30)24(20)22(32)13-23(28)29(19,5)14-18(16-31)25(17)33/h14,17,19-24,32H,7-13,15H2,1-6H3. The molecule has 0 spiro atoms. The van der Waals surface area contributed by atoms with Crippen molar-refractivity contribution < 1.29 is 19.4 Å². The van der Waals surface area contributed by atoms with E-state index in [4.69, 9.17) is 4.74 Å². The number of ether oxygens (including phenoxy) is 1. The van der Waals surface area contributed by atoms with Crippen LogP contribution in [0.3, 0.4) is 0 Å². The van der Waals surface area contributed by atoms with Crippen LogP contribution in [0.1, 0.15) is 86.0 Å². The molecule has 5 aliphatic carbocycles. The average molecular weight is 482 g/mol. The smallest absolute Gasteiger partial charge is 0.312 e. The maximum Gasteiger partial charge on any atom is 0.312 e. The van der Waals surface area contributed by atoms with Gasteiger partial charge in [-0.3, -0.25) is 9.59 Å². The molecule has 5 aliphatic rings. The molecule has 0 aromatic rings. The molecule has 10 atom stereocenters. The van der Waals surface area contributed by atoms with Crippen LogP contribution >= 0.6 is 0 Å². The van der Waals surface area contributed by atoms with Gasteiger partial charge in [0.25, 0.3) is 0 Å². The van der Waals surface area contributed by atoms with Crippen molar-refractivity contribution in [1.82, 2.24) is 0 Å². The highest BCUT2D eigenvalue weighted by atomic mass is 16.5. The number of aliphatic hydroxyl groups is 1. The Balaban J connectivity index is 1.58. The first-order chi connectivity index (χ1) is 16.3. The van der Waals surface area contributed by atoms with E-state index in [1.165, 1.54) is 7.11 Å². The molecule has 0 aromatic heterocycles. The number of ketones is 1. The molecule has 5 rings (SSSR count). The lowest BCUT2D eigenvalue weighted by Crippen LogP contribution is -2.65. The van der Waals surface area contributed by atoms with Gasteiger partial charge in [-0.1, -0.05) is 40.7 Å². The summed E-state index contributed by atoms with van der Waals surface area (Å²) in [6.45, 7) is 11.3. The van der Waals surface area contributed by atoms with Crippen LogP contribution in [-0.4, -0.2) is 30.1 Å². The van der Waals surface area contributed by atoms with Crippen molar-refractivity contribution in [3.63, 3.8) is 0 Å². The lowest BCUT2D eigenvalue weighted by Gasteiger charge is -2.68. The van der Waals surface area contributed by atoms with Gasteiger partial charge in [0.1, 0.15) is 6.07 Å². The van der Waals surface area contributed by atoms with Crippen LogP contribution < -0.4 is 0 Å². The summed E-state index contributed by atoms with van der Waals surface area (Å²) in [4.78, 5) is 26.1. The van der Waals surface area contributed by atoms with Crippen LogP contribution in [0.15, 0.2) is 11.6 Å². The lowest BCUT2D eigenvalue weighted by atomic mass is 9.36. The number of hydrogen-bond acceptors (Lipinski definition) is 5. The van der Waals surface area contributed by atoms with Gasteiger partial charge in [-0.15, -0.1) is 0 Å². The normalized spacial score (nSPS) is 50.4. The molecule has 0 aromatic carbocycles. The molecule has 4 fully saturated rings. The molecule has 0 radical (unpaired) electrons. The minimum atomic E-state index is -0.483. The Hall–Kier alpha value is -1.67. The summed E-state index contributed by atoms with van der Waals surface area (Å²) < 4.78 is 5.41. The molecule has 35 heavy (non-hydrogen) atoms. The molecular formula is C30H43NO4. The van der Waals surface area contributed by atoms with E-state index in [0.29, 0.717) is 17.9 Å². The van der Waals surface area contributed by atoms with Crippen LogP contribution in [0, 0.1) is 68.5 Å². The van der Waals surface area contributed by atoms with Gasteiger partial charge in [-0.25, -0.2) is 0 Å². The predicted molar refractivity (Wildman–Crippen MR) is 133 cm³/mol. The number of carbonyl (C=O) groups excluding carboxylic acids is 2. The molecule has 4 saturated carbocycles. The topological polar surface area (TPSA) is 87.4 Å². The van der Waals surface area contributed by atoms with Crippen molar-refractivity contribution in [2.45, 2.75) is 92.1 Å². The summed E-state index contributed by atoms with van der Waals surface area (Å²) in [6.07, 6.45) is 8.78. The summed E-state index contributed by atoms with van der Waals surface area (Å²) in [6, 6.07) is 2.19. The van der Waals surface area contributed by atoms with Crippen molar-refractivity contribution in [1.29, 1.82) is 5.26 Å². The highest BCUT2D eigenvalue weighted by Crippen LogP contribution is 2.71. The second-order valence-electron chi connectivity index (χ2n) is 14.0. The Kier molecular flexibility index (Phi) is 5.65. The third kappa shape index (κ3) is 3.27. The number of nitriles is 1. The SMILES string of the molecule is COC(=O)C12CCC3C(C(O)CC4C5(C)C=C(C#N)C(=O)C(C)C5CCC34C)C1CC(C)(C)CC2. The van der Waals surface area contributed by atoms with E-state index < -0.39 is 11.5 Å². The van der Waals surface area contributed by atoms with Gasteiger partial charge < -0.3 is 9.84 Å². The van der Waals surface area contributed by atoms with E-state index in [9.17, 15) is 20.0 Å². The minimum absolute atomic E-state index is 0.0101. The first-order valence-corrected chi connectivity index (χ1v) is 13.8. The van der Waals surface area contributed by atoms with Gasteiger partial charge in [-0.05, 0) is 97.2 Å². The fourth-order valence-electron chi connectivity index (χ4n) is 10.4. The molecular weight excluding hydrogens is 438 g/mol. The Morgan fingerprint density at radius 1 is 1.09 bits per heavy atom. The number of Topliss-reactive ketones (excluding diaryl/α,β-unsaturated/α-hetero) is 1. The monoisotopic (exact) mass is 481 g/mol. The third-order valence-electron chi connectivity index (χ3n) is 12.1. The third-order valence-corrected chi connectivity index (χ3v) is 12.1. The number of nitrogens with zero attached hydrogens (tertiary/aromatic N) is 1. The van der Waals surface area contributed by atoms with Crippen molar-refractivity contribution >= 4 is 11.8 Å². The van der Waals surface area contributed by atoms with Gasteiger partial charge in [-0.2, -0.15) is 5.26 Å². The number of allylic oxidation sites excluding steroid dienone is 2. The fourth-order valence-corrected chi connectivity index (χ4v) is 10.4. The van der Waals surface area contributed by atoms with E-state index in [-0.39, 0.29) is 57.6 Å². The van der Waals surface area contributed by atoms with Crippen molar-refractivity contribution in [2.24, 2.45) is 57.2 Å². The van der Waals surface area contributed by atoms with Crippen molar-refractivity contribution in [2.75, 3.05) is 7.11 Å². The Morgan fingerprint density at radius 2 is 1.77 bits per heavy atom. The Bertz CT molecular complexity index is 1010. The highest BCUT2D eigenvalue weighted by Gasteiger charge is 2.68. The highest BCUT2D eigenvalue weighted by molar-refractivity contribution is 6.01. The summed E-state index contributed by atoms with van der Waals surface area (Å²) in [7, 11) is 1.52. The molecule has 0 saturated heterocycles. The van der Waals surface area contributed by atoms with Gasteiger partial charge >= 0.3 is 5.97 Å². The molecule has 0 amide bonds. The number of esters is 1. The summed E-state index contributed by atoms with van der Waals surface area (Å²) in [5.74, 6) is 0.727. The predicted octanol–water partition coefficient (Wildman–Crippen LogP) is 5.47. The number of rotatable bonds is 1. The second kappa shape index (κ2) is 7.91. The molecule has 192 valence electrons. The van der Waals surface area contributed by atoms with Crippen LogP contribution in [-0.2, 0) is 14.3 Å². The molecule has 0 aliphatic heterocycles. The van der Waals surface area contributed by atoms with Gasteiger partial charge in [0.15, 0.2) is 5.78 Å². The number of fused-ring (bicyclic) bond motifs is 7. The zero-order valence-electron chi connectivity index (χ0n) is 22.4. The van der Waals surface area contributed by atoms with Gasteiger partial charge in [0, 0.05) is 5.92 Å². The van der Waals surface area contributed by atoms with E-state index in [1.54, 1.807) is 0 Å². The fraction of sp³-hybridized carbons (Fsp3) is 0.833. The quantitative estimate of drug-likeness (QED) is 0.502. The maximum absolute atomic E-state index is 13.3. The lowest BCUT2D eigenvalue weighted by molar-refractivity contribution is -0.221. The first-order valence-electron chi connectivity index (χ1n) is 13.8. The van der Waals surface area contributed by atoms with Crippen LogP contribution in [0.5, 0.6) is 0 Å². The maximum atomic E-state index is 13.3. The molecule has 5 heteroatoms. The van der Waals surface area contributed by atoms with Crippen LogP contribution in [0.4, 0.5) is 0 Å². The second-order valence-corrected chi connectivity index (χ2v) is 14.0. The number of aliphatic hydroxyl groups excluding tert-OH is 1. The number of hydrogen-bond donors (Lipinski definition) is 1. The molecule has 0 bridgehead atoms. The molecule has 10 unspecified atom stereocenters. The number of carbonyl (C=O) groups is 2. The average Bonchev–Trinajstić information content (AvgIpc) is 2.81. The summed E-state index contributed by atoms with van der Waals surface area (Å²) in [5, 5.41) is 21.6. The van der Waals surface area contributed by atoms with E-state index in [1.807, 2.05) is 13.0 Å². The molecule has 0 heterocycles. The van der Waals surface area contributed by atoms with Crippen LogP contribution in [0.2, 0.25) is 0 Å². The van der Waals surface area contributed by atoms with E-state index >= 15 is 0 Å². The Morgan fingerprint density at radius 3 is 2.43 bits per heavy atom. The minimum Gasteiger partial charge on any atom is -0.469 e. The molecule has 5 nitrogen and oxygen atoms in total. The largest absolute Gasteiger partial charge is 0.469 e. The Labute approximate surface area is 210 Å². The number of methoxy groups -OCH3 is 1. The summed E-state index contributed by atoms with van der Waals surface area (Å²) in [5.41, 5.74) is -0.291. The summed E-state index contributed by atoms with van der Waals surface area (Å²) >= 11 is 0. The van der Waals surface area contributed by atoms with E-state index in [2.05, 4.69) is 33.8 Å². The molecule has 1 N–H and O–H groups in total. The van der Waals surface area contributed by atoms with Gasteiger partial charge in [0.2, 0.25) is 0 Å². The van der Waals surface area contributed by atoms with Crippen LogP contribution in [0.25, 0.3) is 0 Å². The van der Waals surface area contributed by atoms with Gasteiger partial charge in [0.05, 0.1) is 24.2 Å². The zero-order chi connectivity index (χ0) is 25.6. The van der Waals surface area contributed by atoms with Crippen molar-refractivity contribution in [3.8, 4) is 6.07 Å².